The molecule has 0 fully saturated rings. The van der Waals surface area contributed by atoms with Crippen LogP contribution < -0.4 is 0 Å². The van der Waals surface area contributed by atoms with E-state index in [2.05, 4.69) is 16.2 Å². The van der Waals surface area contributed by atoms with Gasteiger partial charge in [-0.1, -0.05) is 0 Å². The quantitative estimate of drug-likeness (QED) is 0.563. The van der Waals surface area contributed by atoms with Gasteiger partial charge in [-0.3, -0.25) is 0 Å². The molecule has 0 aliphatic heterocycles. The van der Waals surface area contributed by atoms with Crippen molar-refractivity contribution in [2.45, 2.75) is 13.3 Å². The van der Waals surface area contributed by atoms with Crippen molar-refractivity contribution in [3.05, 3.63) is 23.8 Å². The van der Waals surface area contributed by atoms with Gasteiger partial charge in [0.2, 0.25) is 0 Å². The Labute approximate surface area is 59.4 Å². The zero-order chi connectivity index (χ0) is 7.40. The van der Waals surface area contributed by atoms with E-state index in [0.29, 0.717) is 12.2 Å². The van der Waals surface area contributed by atoms with Gasteiger partial charge in [-0.15, -0.1) is 0 Å². The molecule has 0 aliphatic carbocycles. The molecule has 1 aromatic rings. The van der Waals surface area contributed by atoms with E-state index in [-0.39, 0.29) is 0 Å². The first-order valence-electron chi connectivity index (χ1n) is 2.90. The molecule has 49 valence electrons. The Kier molecular flexibility index (Phi) is 1.96. The molecule has 1 heterocycles. The third-order valence-electron chi connectivity index (χ3n) is 1.02. The minimum Gasteiger partial charge on any atom is -0.237 e. The Morgan fingerprint density at radius 2 is 2.60 bits per heavy atom. The lowest BCUT2D eigenvalue weighted by Crippen LogP contribution is -1.92. The summed E-state index contributed by atoms with van der Waals surface area (Å²) >= 11 is 0. The molecule has 0 N–H and O–H groups in total. The number of aromatic nitrogens is 2. The summed E-state index contributed by atoms with van der Waals surface area (Å²) in [5.74, 6) is 0.660. The molecular weight excluding hydrogens is 126 g/mol. The van der Waals surface area contributed by atoms with E-state index in [0.717, 1.165) is 5.69 Å². The maximum Gasteiger partial charge on any atom is 0.126 e. The molecular formula is C7H6N3. The van der Waals surface area contributed by atoms with Crippen molar-refractivity contribution in [1.82, 2.24) is 9.97 Å². The lowest BCUT2D eigenvalue weighted by atomic mass is 10.3. The summed E-state index contributed by atoms with van der Waals surface area (Å²) in [7, 11) is 0. The summed E-state index contributed by atoms with van der Waals surface area (Å²) in [5.41, 5.74) is 0.731. The average molecular weight is 132 g/mol. The van der Waals surface area contributed by atoms with Gasteiger partial charge >= 0.3 is 0 Å². The molecule has 0 aliphatic rings. The molecule has 0 atom stereocenters. The van der Waals surface area contributed by atoms with Crippen LogP contribution in [0, 0.1) is 24.5 Å². The number of rotatable bonds is 1. The summed E-state index contributed by atoms with van der Waals surface area (Å²) in [6, 6.07) is 3.62. The van der Waals surface area contributed by atoms with Crippen LogP contribution in [0.5, 0.6) is 0 Å². The van der Waals surface area contributed by atoms with Gasteiger partial charge in [-0.25, -0.2) is 9.97 Å². The smallest absolute Gasteiger partial charge is 0.126 e. The van der Waals surface area contributed by atoms with Crippen LogP contribution in [0.4, 0.5) is 0 Å². The predicted molar refractivity (Wildman–Crippen MR) is 34.9 cm³/mol. The minimum absolute atomic E-state index is 0.333. The monoisotopic (exact) mass is 132 g/mol. The van der Waals surface area contributed by atoms with Crippen LogP contribution in [-0.4, -0.2) is 9.97 Å². The molecule has 0 saturated carbocycles. The van der Waals surface area contributed by atoms with E-state index >= 15 is 0 Å². The molecule has 0 amide bonds. The highest BCUT2D eigenvalue weighted by Crippen LogP contribution is 1.93. The highest BCUT2D eigenvalue weighted by Gasteiger charge is 1.92. The zero-order valence-corrected chi connectivity index (χ0v) is 5.63. The van der Waals surface area contributed by atoms with E-state index < -0.39 is 0 Å². The number of hydrogen-bond acceptors (Lipinski definition) is 3. The Morgan fingerprint density at radius 1 is 1.80 bits per heavy atom. The van der Waals surface area contributed by atoms with E-state index in [1.54, 1.807) is 13.0 Å². The SMILES string of the molecule is Cc1n[c]cc(CC#N)n1. The summed E-state index contributed by atoms with van der Waals surface area (Å²) < 4.78 is 0. The second kappa shape index (κ2) is 2.92. The molecule has 3 heteroatoms. The molecule has 0 unspecified atom stereocenters. The summed E-state index contributed by atoms with van der Waals surface area (Å²) in [5, 5.41) is 8.29. The van der Waals surface area contributed by atoms with Crippen LogP contribution in [-0.2, 0) is 6.42 Å². The first-order chi connectivity index (χ1) is 4.83. The fourth-order valence-electron chi connectivity index (χ4n) is 0.637. The minimum atomic E-state index is 0.333. The van der Waals surface area contributed by atoms with Gasteiger partial charge in [0.25, 0.3) is 0 Å². The van der Waals surface area contributed by atoms with Crippen molar-refractivity contribution in [3.8, 4) is 6.07 Å². The number of aryl methyl sites for hydroxylation is 1. The normalized spacial score (nSPS) is 8.80. The number of nitriles is 1. The fourth-order valence-corrected chi connectivity index (χ4v) is 0.637. The fraction of sp³-hybridized carbons (Fsp3) is 0.286. The number of hydrogen-bond donors (Lipinski definition) is 0. The van der Waals surface area contributed by atoms with Crippen LogP contribution in [0.3, 0.4) is 0 Å². The Morgan fingerprint density at radius 3 is 3.20 bits per heavy atom. The highest BCUT2D eigenvalue weighted by molar-refractivity contribution is 5.05. The third-order valence-corrected chi connectivity index (χ3v) is 1.02. The van der Waals surface area contributed by atoms with Gasteiger partial charge in [-0.2, -0.15) is 5.26 Å². The van der Waals surface area contributed by atoms with Crippen LogP contribution in [0.25, 0.3) is 0 Å². The van der Waals surface area contributed by atoms with Gasteiger partial charge in [0.1, 0.15) is 5.82 Å². The van der Waals surface area contributed by atoms with Crippen LogP contribution in [0.15, 0.2) is 6.07 Å². The molecule has 1 rings (SSSR count). The van der Waals surface area contributed by atoms with Gasteiger partial charge in [0.15, 0.2) is 0 Å². The maximum absolute atomic E-state index is 8.29. The maximum atomic E-state index is 8.29. The van der Waals surface area contributed by atoms with E-state index in [4.69, 9.17) is 5.26 Å². The first kappa shape index (κ1) is 6.69. The van der Waals surface area contributed by atoms with Crippen LogP contribution in [0.1, 0.15) is 11.5 Å². The predicted octanol–water partition coefficient (Wildman–Crippen LogP) is 0.651. The summed E-state index contributed by atoms with van der Waals surface area (Å²) in [6.45, 7) is 1.78. The molecule has 0 saturated heterocycles. The van der Waals surface area contributed by atoms with Crippen LogP contribution in [0.2, 0.25) is 0 Å². The second-order valence-corrected chi connectivity index (χ2v) is 1.87. The second-order valence-electron chi connectivity index (χ2n) is 1.87. The first-order valence-corrected chi connectivity index (χ1v) is 2.90. The summed E-state index contributed by atoms with van der Waals surface area (Å²) in [6.07, 6.45) is 2.98. The topological polar surface area (TPSA) is 49.6 Å². The standard InChI is InChI=1S/C7H6N3/c1-6-9-5-3-7(10-6)2-4-8/h3H,2H2,1H3. The summed E-state index contributed by atoms with van der Waals surface area (Å²) in [4.78, 5) is 7.77. The molecule has 1 radical (unpaired) electrons. The van der Waals surface area contributed by atoms with Crippen molar-refractivity contribution in [3.63, 3.8) is 0 Å². The Bertz CT molecular complexity index is 262. The van der Waals surface area contributed by atoms with E-state index in [9.17, 15) is 0 Å². The molecule has 0 spiro atoms. The average Bonchev–Trinajstić information content (AvgIpc) is 1.88. The van der Waals surface area contributed by atoms with Crippen molar-refractivity contribution < 1.29 is 0 Å². The molecule has 0 bridgehead atoms. The van der Waals surface area contributed by atoms with Gasteiger partial charge < -0.3 is 0 Å². The Balaban J connectivity index is 2.87. The van der Waals surface area contributed by atoms with Crippen LogP contribution >= 0.6 is 0 Å². The van der Waals surface area contributed by atoms with E-state index in [1.165, 1.54) is 0 Å². The molecule has 3 nitrogen and oxygen atoms in total. The van der Waals surface area contributed by atoms with Crippen molar-refractivity contribution >= 4 is 0 Å². The highest BCUT2D eigenvalue weighted by atomic mass is 14.9. The zero-order valence-electron chi connectivity index (χ0n) is 5.63. The molecule has 10 heavy (non-hydrogen) atoms. The lowest BCUT2D eigenvalue weighted by Gasteiger charge is -1.91. The Hall–Kier alpha value is -1.43. The van der Waals surface area contributed by atoms with Gasteiger partial charge in [0, 0.05) is 0 Å². The molecule has 1 aromatic heterocycles. The number of nitrogens with zero attached hydrogens (tertiary/aromatic N) is 3. The van der Waals surface area contributed by atoms with E-state index in [1.807, 2.05) is 6.07 Å². The third kappa shape index (κ3) is 1.52. The van der Waals surface area contributed by atoms with Gasteiger partial charge in [0.05, 0.1) is 24.4 Å². The lowest BCUT2D eigenvalue weighted by molar-refractivity contribution is 0.978. The molecule has 0 aromatic carbocycles. The van der Waals surface area contributed by atoms with Gasteiger partial charge in [-0.05, 0) is 13.0 Å². The van der Waals surface area contributed by atoms with Crippen molar-refractivity contribution in [2.75, 3.05) is 0 Å². The van der Waals surface area contributed by atoms with Crippen molar-refractivity contribution in [1.29, 1.82) is 5.26 Å². The largest absolute Gasteiger partial charge is 0.237 e. The van der Waals surface area contributed by atoms with Crippen molar-refractivity contribution in [2.24, 2.45) is 0 Å².